The lowest BCUT2D eigenvalue weighted by molar-refractivity contribution is 1.22. The summed E-state index contributed by atoms with van der Waals surface area (Å²) in [6.45, 7) is 0. The number of pyridine rings is 4. The number of hydrogen-bond acceptors (Lipinski definition) is 6. The van der Waals surface area contributed by atoms with Gasteiger partial charge < -0.3 is 9.80 Å². The molecule has 0 saturated carbocycles. The molecule has 382 valence electrons. The van der Waals surface area contributed by atoms with Gasteiger partial charge in [0.05, 0.1) is 35.2 Å². The fourth-order valence-electron chi connectivity index (χ4n) is 12.7. The Kier molecular flexibility index (Phi) is 11.1. The average Bonchev–Trinajstić information content (AvgIpc) is 4.26. The predicted octanol–water partition coefficient (Wildman–Crippen LogP) is 20.1. The van der Waals surface area contributed by atoms with E-state index in [0.717, 1.165) is 78.9 Å². The Morgan fingerprint density at radius 3 is 1.27 bits per heavy atom. The van der Waals surface area contributed by atoms with Crippen LogP contribution in [0.15, 0.2) is 292 Å². The Balaban J connectivity index is 0.737. The molecule has 0 aliphatic heterocycles. The molecule has 0 fully saturated rings. The van der Waals surface area contributed by atoms with Crippen LogP contribution in [-0.4, -0.2) is 19.9 Å². The summed E-state index contributed by atoms with van der Waals surface area (Å²) in [5.74, 6) is 0. The predicted molar refractivity (Wildman–Crippen MR) is 338 cm³/mol. The molecule has 0 bridgehead atoms. The summed E-state index contributed by atoms with van der Waals surface area (Å²) in [5, 5.41) is 5.09. The third kappa shape index (κ3) is 7.88. The number of fused-ring (bicyclic) bond motifs is 6. The van der Waals surface area contributed by atoms with Crippen molar-refractivity contribution in [3.05, 3.63) is 292 Å². The zero-order valence-electron chi connectivity index (χ0n) is 44.4. The van der Waals surface area contributed by atoms with Crippen LogP contribution >= 0.6 is 0 Å². The summed E-state index contributed by atoms with van der Waals surface area (Å²) in [5.41, 5.74) is 27.1. The number of hydrogen-bond donors (Lipinski definition) is 0. The molecular weight excluding hydrogens is 997 g/mol. The van der Waals surface area contributed by atoms with Gasteiger partial charge in [0, 0.05) is 58.7 Å². The van der Waals surface area contributed by atoms with Gasteiger partial charge in [-0.25, -0.2) is 0 Å². The van der Waals surface area contributed by atoms with Crippen molar-refractivity contribution in [1.82, 2.24) is 19.9 Å². The zero-order chi connectivity index (χ0) is 54.1. The van der Waals surface area contributed by atoms with Gasteiger partial charge in [-0.15, -0.1) is 0 Å². The average molecular weight is 1050 g/mol. The molecule has 0 spiro atoms. The van der Waals surface area contributed by atoms with Gasteiger partial charge in [0.2, 0.25) is 0 Å². The lowest BCUT2D eigenvalue weighted by Gasteiger charge is -2.26. The number of nitrogens with zero attached hydrogens (tertiary/aromatic N) is 6. The van der Waals surface area contributed by atoms with E-state index in [1.54, 1.807) is 18.6 Å². The molecule has 16 rings (SSSR count). The minimum Gasteiger partial charge on any atom is -0.309 e. The second kappa shape index (κ2) is 19.4. The van der Waals surface area contributed by atoms with Crippen LogP contribution in [0.4, 0.5) is 34.1 Å². The number of para-hydroxylation sites is 1. The molecule has 2 aliphatic carbocycles. The van der Waals surface area contributed by atoms with Crippen LogP contribution in [0.25, 0.3) is 122 Å². The van der Waals surface area contributed by atoms with Crippen molar-refractivity contribution in [2.24, 2.45) is 0 Å². The fraction of sp³-hybridized carbons (Fsp3) is 0. The van der Waals surface area contributed by atoms with Crippen molar-refractivity contribution < 1.29 is 0 Å². The topological polar surface area (TPSA) is 58.0 Å². The summed E-state index contributed by atoms with van der Waals surface area (Å²) in [6, 6.07) is 92.2. The highest BCUT2D eigenvalue weighted by atomic mass is 15.2. The fourth-order valence-corrected chi connectivity index (χ4v) is 12.7. The quantitative estimate of drug-likeness (QED) is 0.129. The molecule has 0 radical (unpaired) electrons. The van der Waals surface area contributed by atoms with Crippen molar-refractivity contribution in [1.29, 1.82) is 0 Å². The van der Waals surface area contributed by atoms with E-state index in [4.69, 9.17) is 9.97 Å². The second-order valence-electron chi connectivity index (χ2n) is 21.0. The Hall–Kier alpha value is -11.1. The van der Waals surface area contributed by atoms with E-state index in [0.29, 0.717) is 0 Å². The van der Waals surface area contributed by atoms with Gasteiger partial charge in [-0.05, 0) is 203 Å². The summed E-state index contributed by atoms with van der Waals surface area (Å²) in [6.07, 6.45) is 11.2. The first-order valence-corrected chi connectivity index (χ1v) is 27.7. The van der Waals surface area contributed by atoms with Crippen LogP contribution in [0.5, 0.6) is 0 Å². The number of anilines is 6. The van der Waals surface area contributed by atoms with Gasteiger partial charge in [-0.1, -0.05) is 152 Å². The Labute approximate surface area is 475 Å². The molecule has 4 heterocycles. The van der Waals surface area contributed by atoms with Crippen LogP contribution in [0.3, 0.4) is 0 Å². The van der Waals surface area contributed by atoms with Crippen LogP contribution in [0.1, 0.15) is 0 Å². The SMILES string of the molecule is c1ccc(N(c2ccc(-c3ccncc3)nc2)c2cccc(-c3ccc4c5c(cccc35)-c3cc(-c5ccc(N(c6ccc(-c7cccnc7)nc6)c6cccc(-c7ccc8c9c(cccc79)-c7ccccc7-8)c6)cc5)ccc3-4)c2)cc1. The van der Waals surface area contributed by atoms with Gasteiger partial charge in [0.25, 0.3) is 0 Å². The van der Waals surface area contributed by atoms with Crippen LogP contribution in [0.2, 0.25) is 0 Å². The van der Waals surface area contributed by atoms with E-state index in [1.807, 2.05) is 42.9 Å². The number of benzene rings is 10. The first-order valence-electron chi connectivity index (χ1n) is 27.7. The molecular formula is C76H48N6. The summed E-state index contributed by atoms with van der Waals surface area (Å²) in [4.78, 5) is 23.1. The molecule has 2 aliphatic rings. The molecule has 4 aromatic heterocycles. The highest BCUT2D eigenvalue weighted by molar-refractivity contribution is 6.20. The maximum atomic E-state index is 5.00. The smallest absolute Gasteiger partial charge is 0.0719 e. The van der Waals surface area contributed by atoms with E-state index >= 15 is 0 Å². The lowest BCUT2D eigenvalue weighted by atomic mass is 9.94. The highest BCUT2D eigenvalue weighted by Gasteiger charge is 2.26. The van der Waals surface area contributed by atoms with Gasteiger partial charge in [-0.3, -0.25) is 19.9 Å². The van der Waals surface area contributed by atoms with Gasteiger partial charge >= 0.3 is 0 Å². The standard InChI is InChI=1S/C76H48N6/c1-2-14-55(15-3-1)81(59-29-36-73(79-47-59)50-38-41-77-42-39-50)57-16-6-11-52(43-57)62-33-35-71-65-31-26-51(45-72(65)69-23-9-21-67(62)76(69)71)49-24-27-56(28-25-49)82(60-30-37-74(80-48-60)54-13-10-40-78-46-54)58-17-7-12-53(44-58)61-32-34-70-64-19-5-4-18-63(64)68-22-8-20-66(61)75(68)70/h1-48H. The van der Waals surface area contributed by atoms with Gasteiger partial charge in [0.1, 0.15) is 0 Å². The van der Waals surface area contributed by atoms with Gasteiger partial charge in [0.15, 0.2) is 0 Å². The van der Waals surface area contributed by atoms with Crippen molar-refractivity contribution in [2.45, 2.75) is 0 Å². The maximum Gasteiger partial charge on any atom is 0.0719 e. The third-order valence-corrected chi connectivity index (χ3v) is 16.4. The molecule has 0 atom stereocenters. The van der Waals surface area contributed by atoms with Crippen LogP contribution in [-0.2, 0) is 0 Å². The maximum absolute atomic E-state index is 5.00. The number of rotatable bonds is 11. The minimum atomic E-state index is 0.873. The summed E-state index contributed by atoms with van der Waals surface area (Å²) in [7, 11) is 0. The zero-order valence-corrected chi connectivity index (χ0v) is 44.4. The molecule has 0 unspecified atom stereocenters. The summed E-state index contributed by atoms with van der Waals surface area (Å²) < 4.78 is 0. The van der Waals surface area contributed by atoms with Crippen molar-refractivity contribution in [3.8, 4) is 100 Å². The second-order valence-corrected chi connectivity index (χ2v) is 21.0. The van der Waals surface area contributed by atoms with Crippen molar-refractivity contribution in [3.63, 3.8) is 0 Å². The van der Waals surface area contributed by atoms with E-state index in [1.165, 1.54) is 77.2 Å². The molecule has 10 aromatic carbocycles. The third-order valence-electron chi connectivity index (χ3n) is 16.4. The van der Waals surface area contributed by atoms with E-state index in [9.17, 15) is 0 Å². The van der Waals surface area contributed by atoms with E-state index in [2.05, 4.69) is 250 Å². The summed E-state index contributed by atoms with van der Waals surface area (Å²) >= 11 is 0. The minimum absolute atomic E-state index is 0.873. The van der Waals surface area contributed by atoms with Crippen molar-refractivity contribution >= 4 is 55.7 Å². The largest absolute Gasteiger partial charge is 0.309 e. The Morgan fingerprint density at radius 2 is 0.683 bits per heavy atom. The molecule has 82 heavy (non-hydrogen) atoms. The van der Waals surface area contributed by atoms with E-state index in [-0.39, 0.29) is 0 Å². The Bertz CT molecular complexity index is 4750. The Morgan fingerprint density at radius 1 is 0.220 bits per heavy atom. The molecule has 0 amide bonds. The monoisotopic (exact) mass is 1040 g/mol. The van der Waals surface area contributed by atoms with E-state index < -0.39 is 0 Å². The normalized spacial score (nSPS) is 11.7. The van der Waals surface area contributed by atoms with Crippen LogP contribution < -0.4 is 9.80 Å². The first-order chi connectivity index (χ1) is 40.7. The molecule has 6 heteroatoms. The molecule has 0 N–H and O–H groups in total. The van der Waals surface area contributed by atoms with Crippen LogP contribution in [0, 0.1) is 0 Å². The lowest BCUT2D eigenvalue weighted by Crippen LogP contribution is -2.10. The molecule has 14 aromatic rings. The van der Waals surface area contributed by atoms with Crippen molar-refractivity contribution in [2.75, 3.05) is 9.80 Å². The first kappa shape index (κ1) is 47.0. The molecule has 6 nitrogen and oxygen atoms in total. The highest BCUT2D eigenvalue weighted by Crippen LogP contribution is 2.52. The number of aromatic nitrogens is 4. The van der Waals surface area contributed by atoms with Gasteiger partial charge in [-0.2, -0.15) is 0 Å². The molecule has 0 saturated heterocycles.